The molecular formula is C24H26N6O. The summed E-state index contributed by atoms with van der Waals surface area (Å²) in [6.45, 7) is 4.01. The van der Waals surface area contributed by atoms with Crippen LogP contribution in [0, 0.1) is 13.8 Å². The first kappa shape index (κ1) is 18.7. The standard InChI is InChI=1S/C24H26N6O/c1-14-8-22(27-29-13-15(2)26-23(14)29)16-4-7-21-17(9-16)12-25-30(24(21)31)20-10-18-5-6-19(11-20)28(18)3/h4,7-9,12-13,18-20H,5-6,10-11H2,1-3H3. The molecule has 158 valence electrons. The van der Waals surface area contributed by atoms with E-state index in [2.05, 4.69) is 22.0 Å². The summed E-state index contributed by atoms with van der Waals surface area (Å²) in [5.41, 5.74) is 4.74. The molecule has 7 nitrogen and oxygen atoms in total. The van der Waals surface area contributed by atoms with Gasteiger partial charge in [-0.25, -0.2) is 14.2 Å². The Bertz CT molecular complexity index is 1370. The molecule has 2 fully saturated rings. The predicted octanol–water partition coefficient (Wildman–Crippen LogP) is 3.52. The molecular weight excluding hydrogens is 388 g/mol. The SMILES string of the molecule is Cc1cn2nc(-c3ccc4c(=O)n(C5CC6CCC(C5)N6C)ncc4c3)cc(C)c2n1. The third-order valence-electron chi connectivity index (χ3n) is 7.26. The van der Waals surface area contributed by atoms with Crippen LogP contribution in [0.2, 0.25) is 0 Å². The van der Waals surface area contributed by atoms with Crippen molar-refractivity contribution in [1.82, 2.24) is 29.3 Å². The minimum Gasteiger partial charge on any atom is -0.300 e. The van der Waals surface area contributed by atoms with Gasteiger partial charge in [-0.1, -0.05) is 6.07 Å². The van der Waals surface area contributed by atoms with Crippen molar-refractivity contribution < 1.29 is 0 Å². The van der Waals surface area contributed by atoms with Crippen molar-refractivity contribution >= 4 is 16.4 Å². The lowest BCUT2D eigenvalue weighted by molar-refractivity contribution is 0.129. The second kappa shape index (κ2) is 6.72. The number of imidazole rings is 1. The highest BCUT2D eigenvalue weighted by molar-refractivity contribution is 5.85. The van der Waals surface area contributed by atoms with Crippen LogP contribution in [0.3, 0.4) is 0 Å². The first-order chi connectivity index (χ1) is 15.0. The molecule has 2 saturated heterocycles. The molecule has 2 aliphatic rings. The van der Waals surface area contributed by atoms with Gasteiger partial charge in [0.15, 0.2) is 5.65 Å². The van der Waals surface area contributed by atoms with Crippen molar-refractivity contribution in [3.63, 3.8) is 0 Å². The quantitative estimate of drug-likeness (QED) is 0.502. The lowest BCUT2D eigenvalue weighted by Crippen LogP contribution is -2.43. The number of piperidine rings is 1. The van der Waals surface area contributed by atoms with Crippen LogP contribution in [-0.4, -0.2) is 48.4 Å². The van der Waals surface area contributed by atoms with E-state index in [-0.39, 0.29) is 11.6 Å². The number of benzene rings is 1. The fourth-order valence-electron chi connectivity index (χ4n) is 5.55. The molecule has 0 amide bonds. The summed E-state index contributed by atoms with van der Waals surface area (Å²) in [7, 11) is 2.22. The van der Waals surface area contributed by atoms with E-state index in [1.165, 1.54) is 12.8 Å². The number of rotatable bonds is 2. The maximum absolute atomic E-state index is 13.3. The third kappa shape index (κ3) is 2.91. The number of aromatic nitrogens is 5. The van der Waals surface area contributed by atoms with E-state index < -0.39 is 0 Å². The highest BCUT2D eigenvalue weighted by Crippen LogP contribution is 2.39. The third-order valence-corrected chi connectivity index (χ3v) is 7.26. The Balaban J connectivity index is 1.39. The van der Waals surface area contributed by atoms with Crippen molar-refractivity contribution in [2.24, 2.45) is 0 Å². The van der Waals surface area contributed by atoms with Crippen molar-refractivity contribution in [3.8, 4) is 11.3 Å². The van der Waals surface area contributed by atoms with Gasteiger partial charge in [0.1, 0.15) is 0 Å². The van der Waals surface area contributed by atoms with Crippen LogP contribution in [0.4, 0.5) is 0 Å². The molecule has 2 atom stereocenters. The molecule has 0 radical (unpaired) electrons. The largest absolute Gasteiger partial charge is 0.300 e. The number of fused-ring (bicyclic) bond motifs is 4. The van der Waals surface area contributed by atoms with Crippen molar-refractivity contribution in [2.75, 3.05) is 7.05 Å². The van der Waals surface area contributed by atoms with E-state index in [0.29, 0.717) is 12.1 Å². The molecule has 7 heteroatoms. The molecule has 6 rings (SSSR count). The lowest BCUT2D eigenvalue weighted by atomic mass is 9.98. The summed E-state index contributed by atoms with van der Waals surface area (Å²) < 4.78 is 3.57. The first-order valence-electron chi connectivity index (χ1n) is 11.1. The molecule has 2 aliphatic heterocycles. The van der Waals surface area contributed by atoms with Crippen LogP contribution < -0.4 is 5.56 Å². The number of hydrogen-bond donors (Lipinski definition) is 0. The van der Waals surface area contributed by atoms with Gasteiger partial charge < -0.3 is 4.90 Å². The van der Waals surface area contributed by atoms with Gasteiger partial charge in [0.05, 0.1) is 35.2 Å². The minimum atomic E-state index is 0.0165. The number of hydrogen-bond acceptors (Lipinski definition) is 5. The topological polar surface area (TPSA) is 68.3 Å². The molecule has 0 aliphatic carbocycles. The maximum Gasteiger partial charge on any atom is 0.274 e. The van der Waals surface area contributed by atoms with Gasteiger partial charge in [-0.15, -0.1) is 0 Å². The Hall–Kier alpha value is -3.06. The van der Waals surface area contributed by atoms with E-state index >= 15 is 0 Å². The van der Waals surface area contributed by atoms with E-state index in [4.69, 9.17) is 5.10 Å². The lowest BCUT2D eigenvalue weighted by Gasteiger charge is -2.36. The molecule has 1 aromatic carbocycles. The Labute approximate surface area is 180 Å². The van der Waals surface area contributed by atoms with Crippen LogP contribution in [-0.2, 0) is 0 Å². The summed E-state index contributed by atoms with van der Waals surface area (Å²) >= 11 is 0. The van der Waals surface area contributed by atoms with E-state index in [0.717, 1.165) is 51.8 Å². The summed E-state index contributed by atoms with van der Waals surface area (Å²) in [6, 6.07) is 9.33. The highest BCUT2D eigenvalue weighted by Gasteiger charge is 2.39. The van der Waals surface area contributed by atoms with E-state index in [9.17, 15) is 4.79 Å². The van der Waals surface area contributed by atoms with Crippen LogP contribution in [0.5, 0.6) is 0 Å². The zero-order valence-electron chi connectivity index (χ0n) is 18.1. The van der Waals surface area contributed by atoms with Crippen molar-refractivity contribution in [3.05, 3.63) is 58.3 Å². The Morgan fingerprint density at radius 2 is 1.81 bits per heavy atom. The number of aryl methyl sites for hydroxylation is 2. The van der Waals surface area contributed by atoms with Gasteiger partial charge >= 0.3 is 0 Å². The van der Waals surface area contributed by atoms with Crippen molar-refractivity contribution in [1.29, 1.82) is 0 Å². The summed E-state index contributed by atoms with van der Waals surface area (Å²) in [6.07, 6.45) is 8.26. The van der Waals surface area contributed by atoms with Crippen LogP contribution in [0.15, 0.2) is 41.5 Å². The molecule has 0 N–H and O–H groups in total. The summed E-state index contributed by atoms with van der Waals surface area (Å²) in [5.74, 6) is 0. The highest BCUT2D eigenvalue weighted by atomic mass is 16.1. The Kier molecular flexibility index (Phi) is 4.05. The van der Waals surface area contributed by atoms with Gasteiger partial charge in [0.2, 0.25) is 0 Å². The van der Waals surface area contributed by atoms with Gasteiger partial charge in [-0.2, -0.15) is 10.2 Å². The predicted molar refractivity (Wildman–Crippen MR) is 120 cm³/mol. The summed E-state index contributed by atoms with van der Waals surface area (Å²) in [4.78, 5) is 20.3. The monoisotopic (exact) mass is 414 g/mol. The normalized spacial score (nSPS) is 23.8. The molecule has 0 saturated carbocycles. The van der Waals surface area contributed by atoms with Gasteiger partial charge in [-0.05, 0) is 70.3 Å². The van der Waals surface area contributed by atoms with E-state index in [1.54, 1.807) is 4.68 Å². The molecule has 5 heterocycles. The maximum atomic E-state index is 13.3. The zero-order chi connectivity index (χ0) is 21.3. The first-order valence-corrected chi connectivity index (χ1v) is 11.1. The zero-order valence-corrected chi connectivity index (χ0v) is 18.1. The molecule has 0 spiro atoms. The Morgan fingerprint density at radius 1 is 1.03 bits per heavy atom. The summed E-state index contributed by atoms with van der Waals surface area (Å²) in [5, 5.41) is 10.9. The number of nitrogens with zero attached hydrogens (tertiary/aromatic N) is 6. The van der Waals surface area contributed by atoms with Crippen LogP contribution >= 0.6 is 0 Å². The molecule has 31 heavy (non-hydrogen) atoms. The smallest absolute Gasteiger partial charge is 0.274 e. The molecule has 2 unspecified atom stereocenters. The average Bonchev–Trinajstić information content (AvgIpc) is 3.21. The van der Waals surface area contributed by atoms with Crippen LogP contribution in [0.25, 0.3) is 27.7 Å². The average molecular weight is 415 g/mol. The molecule has 4 aromatic rings. The minimum absolute atomic E-state index is 0.0165. The fourth-order valence-corrected chi connectivity index (χ4v) is 5.55. The molecule has 2 bridgehead atoms. The van der Waals surface area contributed by atoms with Crippen molar-refractivity contribution in [2.45, 2.75) is 57.7 Å². The van der Waals surface area contributed by atoms with Gasteiger partial charge in [0, 0.05) is 23.0 Å². The second-order valence-corrected chi connectivity index (χ2v) is 9.24. The van der Waals surface area contributed by atoms with E-state index in [1.807, 2.05) is 55.0 Å². The van der Waals surface area contributed by atoms with Crippen LogP contribution in [0.1, 0.15) is 43.0 Å². The Morgan fingerprint density at radius 3 is 2.58 bits per heavy atom. The fraction of sp³-hybridized carbons (Fsp3) is 0.417. The second-order valence-electron chi connectivity index (χ2n) is 9.24. The molecule has 3 aromatic heterocycles. The van der Waals surface area contributed by atoms with Gasteiger partial charge in [-0.3, -0.25) is 4.79 Å². The van der Waals surface area contributed by atoms with Gasteiger partial charge in [0.25, 0.3) is 5.56 Å².